The van der Waals surface area contributed by atoms with Crippen molar-refractivity contribution >= 4 is 22.8 Å². The Hall–Kier alpha value is -3.75. The lowest BCUT2D eigenvalue weighted by Gasteiger charge is -2.07. The molecule has 9 nitrogen and oxygen atoms in total. The first-order valence-electron chi connectivity index (χ1n) is 7.50. The molecule has 3 rings (SSSR count). The molecule has 0 spiro atoms. The quantitative estimate of drug-likeness (QED) is 0.436. The Morgan fingerprint density at radius 1 is 1.35 bits per heavy atom. The van der Waals surface area contributed by atoms with E-state index in [0.29, 0.717) is 16.7 Å². The summed E-state index contributed by atoms with van der Waals surface area (Å²) in [6.07, 6.45) is 1.15. The lowest BCUT2D eigenvalue weighted by atomic mass is 10.1. The molecule has 0 fully saturated rings. The van der Waals surface area contributed by atoms with Crippen LogP contribution in [0.4, 0.5) is 5.69 Å². The van der Waals surface area contributed by atoms with E-state index in [0.717, 1.165) is 17.0 Å². The van der Waals surface area contributed by atoms with E-state index in [1.165, 1.54) is 13.2 Å². The summed E-state index contributed by atoms with van der Waals surface area (Å²) in [5.41, 5.74) is -0.329. The Morgan fingerprint density at radius 3 is 2.77 bits per heavy atom. The van der Waals surface area contributed by atoms with Gasteiger partial charge in [-0.3, -0.25) is 14.9 Å². The molecule has 3 aromatic rings. The van der Waals surface area contributed by atoms with Gasteiger partial charge in [-0.25, -0.2) is 4.98 Å². The lowest BCUT2D eigenvalue weighted by Crippen LogP contribution is -2.20. The fourth-order valence-electron chi connectivity index (χ4n) is 2.46. The first-order chi connectivity index (χ1) is 12.4. The van der Waals surface area contributed by atoms with Gasteiger partial charge in [-0.2, -0.15) is 9.78 Å². The normalized spacial score (nSPS) is 11.2. The van der Waals surface area contributed by atoms with Crippen LogP contribution in [0.3, 0.4) is 0 Å². The van der Waals surface area contributed by atoms with Crippen LogP contribution in [-0.2, 0) is 0 Å². The second-order valence-corrected chi connectivity index (χ2v) is 5.38. The highest BCUT2D eigenvalue weighted by Crippen LogP contribution is 2.33. The second kappa shape index (κ2) is 6.63. The predicted octanol–water partition coefficient (Wildman–Crippen LogP) is 2.21. The maximum atomic E-state index is 12.6. The minimum absolute atomic E-state index is 0.0375. The van der Waals surface area contributed by atoms with Crippen molar-refractivity contribution in [1.82, 2.24) is 9.66 Å². The van der Waals surface area contributed by atoms with Crippen molar-refractivity contribution in [3.63, 3.8) is 0 Å². The van der Waals surface area contributed by atoms with Crippen LogP contribution < -0.4 is 10.3 Å². The first kappa shape index (κ1) is 17.1. The van der Waals surface area contributed by atoms with Gasteiger partial charge in [-0.15, -0.1) is 0 Å². The Balaban J connectivity index is 2.14. The summed E-state index contributed by atoms with van der Waals surface area (Å²) in [6.45, 7) is 1.61. The highest BCUT2D eigenvalue weighted by atomic mass is 16.6. The number of aromatic nitrogens is 2. The molecular formula is C17H14N4O5. The molecule has 0 saturated heterocycles. The fourth-order valence-corrected chi connectivity index (χ4v) is 2.46. The Morgan fingerprint density at radius 2 is 2.08 bits per heavy atom. The molecule has 9 heteroatoms. The number of phenols is 1. The van der Waals surface area contributed by atoms with Crippen LogP contribution in [0.15, 0.2) is 46.3 Å². The van der Waals surface area contributed by atoms with Crippen LogP contribution in [0.25, 0.3) is 10.9 Å². The molecule has 0 saturated carbocycles. The van der Waals surface area contributed by atoms with Gasteiger partial charge in [0.2, 0.25) is 5.75 Å². The summed E-state index contributed by atoms with van der Waals surface area (Å²) in [5, 5.41) is 25.6. The monoisotopic (exact) mass is 354 g/mol. The van der Waals surface area contributed by atoms with E-state index in [2.05, 4.69) is 10.1 Å². The molecule has 0 aliphatic rings. The minimum atomic E-state index is -0.732. The van der Waals surface area contributed by atoms with Crippen molar-refractivity contribution in [3.05, 3.63) is 68.3 Å². The number of phenolic OH excluding ortho intramolecular Hbond substituents is 1. The summed E-state index contributed by atoms with van der Waals surface area (Å²) in [6, 6.07) is 9.31. The van der Waals surface area contributed by atoms with E-state index in [-0.39, 0.29) is 16.9 Å². The smallest absolute Gasteiger partial charge is 0.315 e. The maximum Gasteiger partial charge on any atom is 0.315 e. The molecule has 0 atom stereocenters. The zero-order valence-electron chi connectivity index (χ0n) is 13.9. The van der Waals surface area contributed by atoms with Crippen molar-refractivity contribution in [2.24, 2.45) is 5.10 Å². The minimum Gasteiger partial charge on any atom is -0.502 e. The van der Waals surface area contributed by atoms with Gasteiger partial charge >= 0.3 is 5.69 Å². The zero-order valence-corrected chi connectivity index (χ0v) is 13.9. The van der Waals surface area contributed by atoms with Crippen molar-refractivity contribution in [3.8, 4) is 11.5 Å². The summed E-state index contributed by atoms with van der Waals surface area (Å²) >= 11 is 0. The molecular weight excluding hydrogens is 340 g/mol. The summed E-state index contributed by atoms with van der Waals surface area (Å²) in [4.78, 5) is 27.2. The van der Waals surface area contributed by atoms with E-state index in [1.807, 2.05) is 0 Å². The molecule has 1 aromatic heterocycles. The fraction of sp³-hybridized carbons (Fsp3) is 0.118. The number of ether oxygens (including phenoxy) is 1. The number of para-hydroxylation sites is 1. The number of aryl methyl sites for hydroxylation is 1. The van der Waals surface area contributed by atoms with E-state index in [4.69, 9.17) is 4.74 Å². The number of hydrogen-bond acceptors (Lipinski definition) is 7. The van der Waals surface area contributed by atoms with Gasteiger partial charge < -0.3 is 9.84 Å². The third kappa shape index (κ3) is 2.97. The average molecular weight is 354 g/mol. The number of nitro groups is 1. The number of benzene rings is 2. The van der Waals surface area contributed by atoms with Crippen LogP contribution >= 0.6 is 0 Å². The van der Waals surface area contributed by atoms with Gasteiger partial charge in [0.1, 0.15) is 11.6 Å². The summed E-state index contributed by atoms with van der Waals surface area (Å²) in [7, 11) is 1.35. The van der Waals surface area contributed by atoms with Gasteiger partial charge in [-0.05, 0) is 25.1 Å². The van der Waals surface area contributed by atoms with Crippen molar-refractivity contribution < 1.29 is 14.8 Å². The highest BCUT2D eigenvalue weighted by Gasteiger charge is 2.19. The number of rotatable bonds is 4. The molecule has 0 aliphatic heterocycles. The molecule has 2 aromatic carbocycles. The van der Waals surface area contributed by atoms with Crippen LogP contribution in [0.1, 0.15) is 11.4 Å². The van der Waals surface area contributed by atoms with Gasteiger partial charge in [0, 0.05) is 5.56 Å². The van der Waals surface area contributed by atoms with Crippen LogP contribution in [0.5, 0.6) is 11.5 Å². The largest absolute Gasteiger partial charge is 0.502 e. The number of aromatic hydroxyl groups is 1. The number of hydrogen-bond donors (Lipinski definition) is 1. The molecule has 1 heterocycles. The van der Waals surface area contributed by atoms with E-state index >= 15 is 0 Å². The van der Waals surface area contributed by atoms with Crippen LogP contribution in [0.2, 0.25) is 0 Å². The predicted molar refractivity (Wildman–Crippen MR) is 95.0 cm³/mol. The molecule has 1 N–H and O–H groups in total. The second-order valence-electron chi connectivity index (χ2n) is 5.38. The highest BCUT2D eigenvalue weighted by molar-refractivity contribution is 5.86. The molecule has 0 aliphatic carbocycles. The molecule has 26 heavy (non-hydrogen) atoms. The van der Waals surface area contributed by atoms with Gasteiger partial charge in [0.15, 0.2) is 0 Å². The molecule has 0 amide bonds. The van der Waals surface area contributed by atoms with Gasteiger partial charge in [0.25, 0.3) is 5.56 Å². The maximum absolute atomic E-state index is 12.6. The number of nitrogens with zero attached hydrogens (tertiary/aromatic N) is 4. The van der Waals surface area contributed by atoms with Gasteiger partial charge in [-0.1, -0.05) is 12.1 Å². The zero-order chi connectivity index (χ0) is 18.8. The van der Waals surface area contributed by atoms with Crippen molar-refractivity contribution in [2.75, 3.05) is 7.11 Å². The van der Waals surface area contributed by atoms with E-state index in [9.17, 15) is 20.0 Å². The molecule has 0 radical (unpaired) electrons. The lowest BCUT2D eigenvalue weighted by molar-refractivity contribution is -0.385. The summed E-state index contributed by atoms with van der Waals surface area (Å²) in [5.74, 6) is -0.0579. The summed E-state index contributed by atoms with van der Waals surface area (Å²) < 4.78 is 6.06. The molecule has 0 bridgehead atoms. The van der Waals surface area contributed by atoms with Crippen molar-refractivity contribution in [2.45, 2.75) is 6.92 Å². The van der Waals surface area contributed by atoms with Crippen LogP contribution in [0, 0.1) is 17.0 Å². The Bertz CT molecular complexity index is 1100. The van der Waals surface area contributed by atoms with Crippen LogP contribution in [-0.4, -0.2) is 33.0 Å². The Labute approximate surface area is 147 Å². The van der Waals surface area contributed by atoms with E-state index in [1.54, 1.807) is 31.2 Å². The number of nitro benzene ring substituents is 1. The molecule has 132 valence electrons. The third-order valence-electron chi connectivity index (χ3n) is 3.75. The number of fused-ring (bicyclic) bond motifs is 1. The third-order valence-corrected chi connectivity index (χ3v) is 3.75. The van der Waals surface area contributed by atoms with Gasteiger partial charge in [0.05, 0.1) is 35.2 Å². The SMILES string of the molecule is COc1cc(/C=N\n2c(C)nc3ccccc3c2=O)c(O)c([N+](=O)[O-])c1. The Kier molecular flexibility index (Phi) is 4.36. The van der Waals surface area contributed by atoms with Crippen molar-refractivity contribution in [1.29, 1.82) is 0 Å². The van der Waals surface area contributed by atoms with E-state index < -0.39 is 16.4 Å². The molecule has 0 unspecified atom stereocenters. The first-order valence-corrected chi connectivity index (χ1v) is 7.50. The number of methoxy groups -OCH3 is 1. The standard InChI is InChI=1S/C17H14N4O5/c1-10-19-14-6-4-3-5-13(14)17(23)20(10)18-9-11-7-12(26-2)8-15(16(11)22)21(24)25/h3-9,22H,1-2H3/b18-9-. The average Bonchev–Trinajstić information content (AvgIpc) is 2.62. The topological polar surface area (TPSA) is 120 Å².